The van der Waals surface area contributed by atoms with Gasteiger partial charge in [0.05, 0.1) is 16.1 Å². The molecule has 0 spiro atoms. The number of nitrogens with zero attached hydrogens (tertiary/aromatic N) is 1. The van der Waals surface area contributed by atoms with E-state index >= 15 is 0 Å². The number of hydrogen-bond donors (Lipinski definition) is 1. The van der Waals surface area contributed by atoms with Crippen molar-refractivity contribution in [3.05, 3.63) is 28.2 Å². The van der Waals surface area contributed by atoms with Crippen molar-refractivity contribution in [3.63, 3.8) is 0 Å². The van der Waals surface area contributed by atoms with Gasteiger partial charge in [-0.25, -0.2) is 0 Å². The lowest BCUT2D eigenvalue weighted by Crippen LogP contribution is -2.46. The number of nitrogens with two attached hydrogens (primary N) is 1. The fraction of sp³-hybridized carbons (Fsp3) is 0.500. The van der Waals surface area contributed by atoms with Crippen LogP contribution in [0.2, 0.25) is 0 Å². The summed E-state index contributed by atoms with van der Waals surface area (Å²) in [6.07, 6.45) is 1.07. The predicted molar refractivity (Wildman–Crippen MR) is 79.0 cm³/mol. The van der Waals surface area contributed by atoms with Gasteiger partial charge in [-0.15, -0.1) is 0 Å². The third kappa shape index (κ3) is 2.92. The van der Waals surface area contributed by atoms with E-state index in [4.69, 9.17) is 10.5 Å². The van der Waals surface area contributed by atoms with E-state index in [2.05, 4.69) is 22.9 Å². The Morgan fingerprint density at radius 2 is 2.26 bits per heavy atom. The summed E-state index contributed by atoms with van der Waals surface area (Å²) in [7, 11) is 1.70. The highest BCUT2D eigenvalue weighted by Gasteiger charge is 2.30. The quantitative estimate of drug-likeness (QED) is 0.849. The molecular weight excluding hydrogens is 308 g/mol. The standard InChI is InChI=1S/C14H19BrN2O2/c1-9-6-7-17(8-12(9)19-2)14(18)10-4-3-5-11(16)13(10)15/h3-5,9,12H,6-8,16H2,1-2H3. The molecule has 1 aromatic carbocycles. The molecule has 0 radical (unpaired) electrons. The van der Waals surface area contributed by atoms with Crippen LogP contribution in [0.25, 0.3) is 0 Å². The van der Waals surface area contributed by atoms with Crippen LogP contribution in [0.5, 0.6) is 0 Å². The zero-order chi connectivity index (χ0) is 14.0. The van der Waals surface area contributed by atoms with E-state index in [1.807, 2.05) is 4.90 Å². The normalized spacial score (nSPS) is 23.4. The molecule has 1 fully saturated rings. The molecule has 19 heavy (non-hydrogen) atoms. The Balaban J connectivity index is 2.18. The fourth-order valence-corrected chi connectivity index (χ4v) is 2.84. The third-order valence-electron chi connectivity index (χ3n) is 3.74. The molecule has 5 heteroatoms. The molecule has 1 saturated heterocycles. The van der Waals surface area contributed by atoms with Gasteiger partial charge in [0.15, 0.2) is 0 Å². The van der Waals surface area contributed by atoms with Gasteiger partial charge >= 0.3 is 0 Å². The zero-order valence-electron chi connectivity index (χ0n) is 11.2. The summed E-state index contributed by atoms with van der Waals surface area (Å²) in [5, 5.41) is 0. The Hall–Kier alpha value is -1.07. The molecule has 0 saturated carbocycles. The lowest BCUT2D eigenvalue weighted by atomic mass is 9.95. The van der Waals surface area contributed by atoms with Crippen molar-refractivity contribution in [2.24, 2.45) is 5.92 Å². The molecule has 0 aliphatic carbocycles. The average Bonchev–Trinajstić information content (AvgIpc) is 2.41. The van der Waals surface area contributed by atoms with Crippen LogP contribution in [-0.2, 0) is 4.74 Å². The summed E-state index contributed by atoms with van der Waals surface area (Å²) < 4.78 is 6.12. The lowest BCUT2D eigenvalue weighted by Gasteiger charge is -2.36. The van der Waals surface area contributed by atoms with Gasteiger partial charge in [-0.05, 0) is 40.4 Å². The first-order valence-corrected chi connectivity index (χ1v) is 7.20. The number of halogens is 1. The smallest absolute Gasteiger partial charge is 0.255 e. The first-order chi connectivity index (χ1) is 9.04. The van der Waals surface area contributed by atoms with Crippen molar-refractivity contribution in [1.29, 1.82) is 0 Å². The molecule has 1 amide bonds. The van der Waals surface area contributed by atoms with Crippen LogP contribution in [0.4, 0.5) is 5.69 Å². The second-order valence-electron chi connectivity index (χ2n) is 5.00. The molecule has 1 aromatic rings. The maximum atomic E-state index is 12.5. The van der Waals surface area contributed by atoms with Crippen molar-refractivity contribution < 1.29 is 9.53 Å². The highest BCUT2D eigenvalue weighted by atomic mass is 79.9. The van der Waals surface area contributed by atoms with E-state index < -0.39 is 0 Å². The summed E-state index contributed by atoms with van der Waals surface area (Å²) in [6, 6.07) is 5.37. The molecule has 1 aliphatic heterocycles. The Kier molecular flexibility index (Phi) is 4.47. The van der Waals surface area contributed by atoms with Crippen LogP contribution < -0.4 is 5.73 Å². The summed E-state index contributed by atoms with van der Waals surface area (Å²) >= 11 is 3.39. The van der Waals surface area contributed by atoms with Crippen LogP contribution in [0, 0.1) is 5.92 Å². The Labute approximate surface area is 122 Å². The number of carbonyl (C=O) groups is 1. The third-order valence-corrected chi connectivity index (χ3v) is 4.62. The van der Waals surface area contributed by atoms with E-state index in [1.54, 1.807) is 25.3 Å². The number of rotatable bonds is 2. The lowest BCUT2D eigenvalue weighted by molar-refractivity contribution is -0.00159. The molecule has 1 heterocycles. The SMILES string of the molecule is COC1CN(C(=O)c2cccc(N)c2Br)CCC1C. The number of carbonyl (C=O) groups excluding carboxylic acids is 1. The molecule has 2 rings (SSSR count). The first-order valence-electron chi connectivity index (χ1n) is 6.40. The molecule has 2 N–H and O–H groups in total. The second-order valence-corrected chi connectivity index (χ2v) is 5.79. The number of likely N-dealkylation sites (tertiary alicyclic amines) is 1. The summed E-state index contributed by atoms with van der Waals surface area (Å²) in [4.78, 5) is 14.4. The van der Waals surface area contributed by atoms with Crippen molar-refractivity contribution in [2.45, 2.75) is 19.4 Å². The van der Waals surface area contributed by atoms with Crippen LogP contribution in [0.15, 0.2) is 22.7 Å². The van der Waals surface area contributed by atoms with E-state index in [1.165, 1.54) is 0 Å². The molecule has 0 aromatic heterocycles. The Bertz CT molecular complexity index is 479. The number of anilines is 1. The second kappa shape index (κ2) is 5.92. The van der Waals surface area contributed by atoms with Crippen molar-refractivity contribution in [2.75, 3.05) is 25.9 Å². The molecular formula is C14H19BrN2O2. The minimum absolute atomic E-state index is 0.00752. The molecule has 104 valence electrons. The van der Waals surface area contributed by atoms with Crippen molar-refractivity contribution >= 4 is 27.5 Å². The van der Waals surface area contributed by atoms with Gasteiger partial charge in [0.2, 0.25) is 0 Å². The highest BCUT2D eigenvalue weighted by molar-refractivity contribution is 9.10. The number of benzene rings is 1. The average molecular weight is 327 g/mol. The minimum Gasteiger partial charge on any atom is -0.398 e. The first kappa shape index (κ1) is 14.3. The summed E-state index contributed by atoms with van der Waals surface area (Å²) in [5.41, 5.74) is 7.02. The molecule has 2 atom stereocenters. The number of methoxy groups -OCH3 is 1. The van der Waals surface area contributed by atoms with Gasteiger partial charge in [0, 0.05) is 25.9 Å². The maximum absolute atomic E-state index is 12.5. The fourth-order valence-electron chi connectivity index (χ4n) is 2.41. The van der Waals surface area contributed by atoms with Crippen molar-refractivity contribution in [1.82, 2.24) is 4.90 Å². The van der Waals surface area contributed by atoms with Gasteiger partial charge in [-0.2, -0.15) is 0 Å². The summed E-state index contributed by atoms with van der Waals surface area (Å²) in [5.74, 6) is 0.492. The van der Waals surface area contributed by atoms with Gasteiger partial charge in [-0.1, -0.05) is 13.0 Å². The van der Waals surface area contributed by atoms with Gasteiger partial charge in [-0.3, -0.25) is 4.79 Å². The number of piperidine rings is 1. The van der Waals surface area contributed by atoms with E-state index in [0.717, 1.165) is 13.0 Å². The van der Waals surface area contributed by atoms with Gasteiger partial charge < -0.3 is 15.4 Å². The van der Waals surface area contributed by atoms with Gasteiger partial charge in [0.25, 0.3) is 5.91 Å². The van der Waals surface area contributed by atoms with Crippen LogP contribution in [-0.4, -0.2) is 37.1 Å². The van der Waals surface area contributed by atoms with E-state index in [9.17, 15) is 4.79 Å². The monoisotopic (exact) mass is 326 g/mol. The zero-order valence-corrected chi connectivity index (χ0v) is 12.8. The maximum Gasteiger partial charge on any atom is 0.255 e. The number of nitrogen functional groups attached to an aromatic ring is 1. The predicted octanol–water partition coefficient (Wildman–Crippen LogP) is 2.53. The van der Waals surface area contributed by atoms with Crippen LogP contribution >= 0.6 is 15.9 Å². The van der Waals surface area contributed by atoms with E-state index in [-0.39, 0.29) is 12.0 Å². The van der Waals surface area contributed by atoms with Gasteiger partial charge in [0.1, 0.15) is 0 Å². The number of hydrogen-bond acceptors (Lipinski definition) is 3. The molecule has 4 nitrogen and oxygen atoms in total. The van der Waals surface area contributed by atoms with Crippen LogP contribution in [0.1, 0.15) is 23.7 Å². The highest BCUT2D eigenvalue weighted by Crippen LogP contribution is 2.27. The Morgan fingerprint density at radius 1 is 1.53 bits per heavy atom. The summed E-state index contributed by atoms with van der Waals surface area (Å²) in [6.45, 7) is 3.56. The van der Waals surface area contributed by atoms with E-state index in [0.29, 0.717) is 28.2 Å². The van der Waals surface area contributed by atoms with Crippen molar-refractivity contribution in [3.8, 4) is 0 Å². The topological polar surface area (TPSA) is 55.6 Å². The number of amides is 1. The number of ether oxygens (including phenoxy) is 1. The minimum atomic E-state index is 0.00752. The molecule has 2 unspecified atom stereocenters. The Morgan fingerprint density at radius 3 is 2.95 bits per heavy atom. The molecule has 0 bridgehead atoms. The molecule has 1 aliphatic rings. The van der Waals surface area contributed by atoms with Crippen LogP contribution in [0.3, 0.4) is 0 Å². The largest absolute Gasteiger partial charge is 0.398 e.